The first kappa shape index (κ1) is 22.5. The van der Waals surface area contributed by atoms with Gasteiger partial charge in [0.2, 0.25) is 15.9 Å². The minimum absolute atomic E-state index is 0.00227. The van der Waals surface area contributed by atoms with Gasteiger partial charge in [-0.3, -0.25) is 9.59 Å². The molecule has 1 heterocycles. The smallest absolute Gasteiger partial charge is 0.253 e. The average Bonchev–Trinajstić information content (AvgIpc) is 3.27. The summed E-state index contributed by atoms with van der Waals surface area (Å²) in [5, 5.41) is 2.76. The van der Waals surface area contributed by atoms with Crippen molar-refractivity contribution in [1.82, 2.24) is 14.9 Å². The molecule has 1 fully saturated rings. The Labute approximate surface area is 185 Å². The van der Waals surface area contributed by atoms with Crippen LogP contribution in [0.5, 0.6) is 0 Å². The van der Waals surface area contributed by atoms with Crippen LogP contribution in [0.2, 0.25) is 0 Å². The number of carbonyl (C=O) groups is 2. The van der Waals surface area contributed by atoms with Crippen LogP contribution >= 0.6 is 15.9 Å². The second kappa shape index (κ2) is 10.2. The van der Waals surface area contributed by atoms with Gasteiger partial charge in [0.1, 0.15) is 0 Å². The number of likely N-dealkylation sites (tertiary alicyclic amines) is 1. The molecule has 2 N–H and O–H groups in total. The quantitative estimate of drug-likeness (QED) is 0.590. The largest absolute Gasteiger partial charge is 0.352 e. The minimum atomic E-state index is -3.66. The predicted molar refractivity (Wildman–Crippen MR) is 117 cm³/mol. The maximum atomic E-state index is 12.5. The van der Waals surface area contributed by atoms with E-state index in [1.54, 1.807) is 30.3 Å². The maximum Gasteiger partial charge on any atom is 0.253 e. The first-order chi connectivity index (χ1) is 14.3. The summed E-state index contributed by atoms with van der Waals surface area (Å²) in [5.41, 5.74) is 1.44. The van der Waals surface area contributed by atoms with Gasteiger partial charge in [0.25, 0.3) is 5.91 Å². The zero-order chi connectivity index (χ0) is 21.6. The van der Waals surface area contributed by atoms with Gasteiger partial charge in [-0.2, -0.15) is 0 Å². The van der Waals surface area contributed by atoms with Gasteiger partial charge >= 0.3 is 0 Å². The Balaban J connectivity index is 1.46. The summed E-state index contributed by atoms with van der Waals surface area (Å²) in [6.45, 7) is 1.85. The minimum Gasteiger partial charge on any atom is -0.352 e. The highest BCUT2D eigenvalue weighted by atomic mass is 79.9. The maximum absolute atomic E-state index is 12.5. The molecule has 1 aliphatic rings. The van der Waals surface area contributed by atoms with E-state index in [-0.39, 0.29) is 36.2 Å². The zero-order valence-corrected chi connectivity index (χ0v) is 18.8. The fourth-order valence-electron chi connectivity index (χ4n) is 3.20. The van der Waals surface area contributed by atoms with Crippen molar-refractivity contribution in [3.63, 3.8) is 0 Å². The summed E-state index contributed by atoms with van der Waals surface area (Å²) >= 11 is 3.26. The number of nitrogens with zero attached hydrogens (tertiary/aromatic N) is 1. The summed E-state index contributed by atoms with van der Waals surface area (Å²) in [7, 11) is -3.66. The van der Waals surface area contributed by atoms with Crippen molar-refractivity contribution in [3.05, 3.63) is 64.1 Å². The number of hydrogen-bond donors (Lipinski definition) is 2. The van der Waals surface area contributed by atoms with E-state index in [1.165, 1.54) is 12.1 Å². The van der Waals surface area contributed by atoms with E-state index in [0.717, 1.165) is 36.0 Å². The molecule has 2 aromatic rings. The number of hydrogen-bond acceptors (Lipinski definition) is 4. The normalized spacial score (nSPS) is 14.0. The summed E-state index contributed by atoms with van der Waals surface area (Å²) in [5.74, 6) is -0.257. The van der Waals surface area contributed by atoms with Crippen LogP contribution in [0.3, 0.4) is 0 Å². The number of sulfonamides is 1. The molecule has 0 atom stereocenters. The molecule has 0 spiro atoms. The Kier molecular flexibility index (Phi) is 7.63. The lowest BCUT2D eigenvalue weighted by atomic mass is 10.1. The molecule has 0 aromatic heterocycles. The molecule has 7 nitrogen and oxygen atoms in total. The third kappa shape index (κ3) is 6.13. The Bertz CT molecular complexity index is 1000. The van der Waals surface area contributed by atoms with E-state index in [0.29, 0.717) is 5.56 Å². The lowest BCUT2D eigenvalue weighted by Crippen LogP contribution is -2.30. The summed E-state index contributed by atoms with van der Waals surface area (Å²) in [6.07, 6.45) is 2.09. The van der Waals surface area contributed by atoms with Crippen LogP contribution in [0, 0.1) is 0 Å². The van der Waals surface area contributed by atoms with E-state index >= 15 is 0 Å². The van der Waals surface area contributed by atoms with Crippen LogP contribution in [0.1, 0.15) is 35.2 Å². The van der Waals surface area contributed by atoms with Crippen LogP contribution in [-0.4, -0.2) is 44.8 Å². The van der Waals surface area contributed by atoms with Crippen LogP contribution in [0.15, 0.2) is 57.9 Å². The molecule has 160 valence electrons. The van der Waals surface area contributed by atoms with Crippen molar-refractivity contribution in [1.29, 1.82) is 0 Å². The van der Waals surface area contributed by atoms with Crippen molar-refractivity contribution in [2.45, 2.75) is 30.7 Å². The molecule has 9 heteroatoms. The Hall–Kier alpha value is -2.23. The standard InChI is InChI=1S/C21H24BrN3O4S/c22-18-6-8-19(9-7-18)30(28,29)24-11-10-20(26)23-15-16-4-3-5-17(14-16)21(27)25-12-1-2-13-25/h3-9,14,24H,1-2,10-13,15H2,(H,23,26). The van der Waals surface area contributed by atoms with E-state index in [9.17, 15) is 18.0 Å². The van der Waals surface area contributed by atoms with Gasteiger partial charge < -0.3 is 10.2 Å². The van der Waals surface area contributed by atoms with E-state index in [4.69, 9.17) is 0 Å². The lowest BCUT2D eigenvalue weighted by Gasteiger charge is -2.15. The Morgan fingerprint density at radius 2 is 1.73 bits per heavy atom. The average molecular weight is 494 g/mol. The van der Waals surface area contributed by atoms with Gasteiger partial charge in [0.05, 0.1) is 4.90 Å². The van der Waals surface area contributed by atoms with Crippen molar-refractivity contribution < 1.29 is 18.0 Å². The molecule has 2 amide bonds. The predicted octanol–water partition coefficient (Wildman–Crippen LogP) is 2.67. The third-order valence-corrected chi connectivity index (χ3v) is 6.83. The molecule has 3 rings (SSSR count). The molecule has 0 aliphatic carbocycles. The summed E-state index contributed by atoms with van der Waals surface area (Å²) in [4.78, 5) is 26.5. The molecule has 0 bridgehead atoms. The molecule has 2 aromatic carbocycles. The van der Waals surface area contributed by atoms with Crippen LogP contribution < -0.4 is 10.0 Å². The van der Waals surface area contributed by atoms with Gasteiger partial charge in [-0.1, -0.05) is 28.1 Å². The number of halogens is 1. The highest BCUT2D eigenvalue weighted by Gasteiger charge is 2.19. The van der Waals surface area contributed by atoms with Crippen LogP contribution in [0.25, 0.3) is 0 Å². The molecular weight excluding hydrogens is 470 g/mol. The van der Waals surface area contributed by atoms with E-state index in [1.807, 2.05) is 11.0 Å². The number of nitrogens with one attached hydrogen (secondary N) is 2. The summed E-state index contributed by atoms with van der Waals surface area (Å²) < 4.78 is 27.7. The molecule has 0 saturated carbocycles. The van der Waals surface area contributed by atoms with Crippen LogP contribution in [0.4, 0.5) is 0 Å². The van der Waals surface area contributed by atoms with Crippen molar-refractivity contribution in [2.75, 3.05) is 19.6 Å². The third-order valence-electron chi connectivity index (χ3n) is 4.82. The fourth-order valence-corrected chi connectivity index (χ4v) is 4.50. The van der Waals surface area contributed by atoms with Gasteiger partial charge in [-0.05, 0) is 54.8 Å². The number of amides is 2. The second-order valence-electron chi connectivity index (χ2n) is 7.08. The fraction of sp³-hybridized carbons (Fsp3) is 0.333. The molecule has 1 saturated heterocycles. The Morgan fingerprint density at radius 3 is 2.43 bits per heavy atom. The van der Waals surface area contributed by atoms with Crippen molar-refractivity contribution >= 4 is 37.8 Å². The Morgan fingerprint density at radius 1 is 1.03 bits per heavy atom. The van der Waals surface area contributed by atoms with Gasteiger partial charge in [-0.15, -0.1) is 0 Å². The first-order valence-corrected chi connectivity index (χ1v) is 12.0. The topological polar surface area (TPSA) is 95.6 Å². The lowest BCUT2D eigenvalue weighted by molar-refractivity contribution is -0.121. The van der Waals surface area contributed by atoms with Gasteiger partial charge in [-0.25, -0.2) is 13.1 Å². The number of rotatable bonds is 8. The number of carbonyl (C=O) groups excluding carboxylic acids is 2. The zero-order valence-electron chi connectivity index (χ0n) is 16.4. The van der Waals surface area contributed by atoms with Crippen molar-refractivity contribution in [2.24, 2.45) is 0 Å². The molecular formula is C21H24BrN3O4S. The van der Waals surface area contributed by atoms with Crippen molar-refractivity contribution in [3.8, 4) is 0 Å². The molecule has 1 aliphatic heterocycles. The molecule has 0 radical (unpaired) electrons. The van der Waals surface area contributed by atoms with Gasteiger partial charge in [0.15, 0.2) is 0 Å². The SMILES string of the molecule is O=C(CCNS(=O)(=O)c1ccc(Br)cc1)NCc1cccc(C(=O)N2CCCC2)c1. The monoisotopic (exact) mass is 493 g/mol. The second-order valence-corrected chi connectivity index (χ2v) is 9.76. The molecule has 30 heavy (non-hydrogen) atoms. The highest BCUT2D eigenvalue weighted by Crippen LogP contribution is 2.15. The summed E-state index contributed by atoms with van der Waals surface area (Å²) in [6, 6.07) is 13.5. The van der Waals surface area contributed by atoms with E-state index < -0.39 is 10.0 Å². The first-order valence-electron chi connectivity index (χ1n) is 9.75. The van der Waals surface area contributed by atoms with Crippen LogP contribution in [-0.2, 0) is 21.4 Å². The highest BCUT2D eigenvalue weighted by molar-refractivity contribution is 9.10. The molecule has 0 unspecified atom stereocenters. The van der Waals surface area contributed by atoms with E-state index in [2.05, 4.69) is 26.0 Å². The van der Waals surface area contributed by atoms with Gasteiger partial charge in [0, 0.05) is 42.6 Å². The number of benzene rings is 2.